The molecule has 2 nitrogen and oxygen atoms in total. The number of ether oxygens (including phenoxy) is 1. The van der Waals surface area contributed by atoms with Crippen molar-refractivity contribution in [1.82, 2.24) is 5.32 Å². The second-order valence-corrected chi connectivity index (χ2v) is 2.47. The third-order valence-electron chi connectivity index (χ3n) is 1.62. The SMILES string of the molecule is C#CCNCC1CCCO1. The van der Waals surface area contributed by atoms with E-state index in [4.69, 9.17) is 11.2 Å². The molecule has 0 saturated carbocycles. The quantitative estimate of drug-likeness (QED) is 0.451. The van der Waals surface area contributed by atoms with Gasteiger partial charge in [-0.05, 0) is 12.8 Å². The van der Waals surface area contributed by atoms with Crippen LogP contribution in [0.2, 0.25) is 0 Å². The lowest BCUT2D eigenvalue weighted by molar-refractivity contribution is 0.111. The van der Waals surface area contributed by atoms with Gasteiger partial charge in [0.05, 0.1) is 12.6 Å². The molecule has 1 N–H and O–H groups in total. The van der Waals surface area contributed by atoms with Gasteiger partial charge in [-0.1, -0.05) is 5.92 Å². The highest BCUT2D eigenvalue weighted by Gasteiger charge is 2.13. The maximum Gasteiger partial charge on any atom is 0.0700 e. The third kappa shape index (κ3) is 2.38. The Kier molecular flexibility index (Phi) is 3.28. The zero-order valence-corrected chi connectivity index (χ0v) is 6.10. The molecule has 1 saturated heterocycles. The van der Waals surface area contributed by atoms with Gasteiger partial charge >= 0.3 is 0 Å². The van der Waals surface area contributed by atoms with Gasteiger partial charge in [0.1, 0.15) is 0 Å². The molecule has 0 spiro atoms. The summed E-state index contributed by atoms with van der Waals surface area (Å²) in [6.45, 7) is 2.48. The molecule has 1 rings (SSSR count). The van der Waals surface area contributed by atoms with Gasteiger partial charge in [-0.25, -0.2) is 0 Å². The molecule has 0 radical (unpaired) electrons. The number of hydrogen-bond donors (Lipinski definition) is 1. The summed E-state index contributed by atoms with van der Waals surface area (Å²) in [5, 5.41) is 3.12. The van der Waals surface area contributed by atoms with Gasteiger partial charge < -0.3 is 10.1 Å². The number of nitrogens with one attached hydrogen (secondary N) is 1. The molecule has 2 heteroatoms. The number of rotatable bonds is 3. The molecule has 10 heavy (non-hydrogen) atoms. The summed E-state index contributed by atoms with van der Waals surface area (Å²) in [6.07, 6.45) is 7.85. The molecule has 0 amide bonds. The molecule has 1 atom stereocenters. The fourth-order valence-corrected chi connectivity index (χ4v) is 1.11. The zero-order chi connectivity index (χ0) is 7.23. The van der Waals surface area contributed by atoms with Crippen LogP contribution in [-0.2, 0) is 4.74 Å². The lowest BCUT2D eigenvalue weighted by Gasteiger charge is -2.07. The Balaban J connectivity index is 1.97. The first-order valence-corrected chi connectivity index (χ1v) is 3.69. The first-order chi connectivity index (χ1) is 4.93. The Morgan fingerprint density at radius 2 is 2.60 bits per heavy atom. The molecule has 1 unspecified atom stereocenters. The molecule has 0 aliphatic carbocycles. The monoisotopic (exact) mass is 139 g/mol. The molecule has 1 aliphatic rings. The van der Waals surface area contributed by atoms with Crippen LogP contribution >= 0.6 is 0 Å². The predicted molar refractivity (Wildman–Crippen MR) is 40.7 cm³/mol. The summed E-state index contributed by atoms with van der Waals surface area (Å²) >= 11 is 0. The van der Waals surface area contributed by atoms with Gasteiger partial charge in [0.25, 0.3) is 0 Å². The summed E-state index contributed by atoms with van der Waals surface area (Å²) < 4.78 is 5.37. The Morgan fingerprint density at radius 3 is 3.20 bits per heavy atom. The Labute approximate surface area is 62.0 Å². The van der Waals surface area contributed by atoms with Crippen molar-refractivity contribution in [2.45, 2.75) is 18.9 Å². The summed E-state index contributed by atoms with van der Waals surface area (Å²) in [4.78, 5) is 0. The average molecular weight is 139 g/mol. The molecule has 0 aromatic heterocycles. The molecule has 1 heterocycles. The predicted octanol–water partition coefficient (Wildman–Crippen LogP) is 0.388. The van der Waals surface area contributed by atoms with Crippen LogP contribution in [0.3, 0.4) is 0 Å². The molecule has 0 aromatic rings. The fraction of sp³-hybridized carbons (Fsp3) is 0.750. The molecule has 1 aliphatic heterocycles. The van der Waals surface area contributed by atoms with Gasteiger partial charge in [0.15, 0.2) is 0 Å². The van der Waals surface area contributed by atoms with Gasteiger partial charge in [-0.15, -0.1) is 6.42 Å². The van der Waals surface area contributed by atoms with E-state index >= 15 is 0 Å². The van der Waals surface area contributed by atoms with Crippen molar-refractivity contribution in [3.05, 3.63) is 0 Å². The van der Waals surface area contributed by atoms with Gasteiger partial charge in [0.2, 0.25) is 0 Å². The topological polar surface area (TPSA) is 21.3 Å². The van der Waals surface area contributed by atoms with Crippen LogP contribution in [0.1, 0.15) is 12.8 Å². The number of terminal acetylenes is 1. The van der Waals surface area contributed by atoms with E-state index in [2.05, 4.69) is 11.2 Å². The highest BCUT2D eigenvalue weighted by molar-refractivity contribution is 4.87. The van der Waals surface area contributed by atoms with Crippen molar-refractivity contribution < 1.29 is 4.74 Å². The molecular formula is C8H13NO. The standard InChI is InChI=1S/C8H13NO/c1-2-5-9-7-8-4-3-6-10-8/h1,8-9H,3-7H2. The minimum Gasteiger partial charge on any atom is -0.377 e. The second-order valence-electron chi connectivity index (χ2n) is 2.47. The highest BCUT2D eigenvalue weighted by atomic mass is 16.5. The van der Waals surface area contributed by atoms with Crippen LogP contribution in [0.5, 0.6) is 0 Å². The molecular weight excluding hydrogens is 126 g/mol. The van der Waals surface area contributed by atoms with Crippen molar-refractivity contribution >= 4 is 0 Å². The maximum atomic E-state index is 5.37. The van der Waals surface area contributed by atoms with E-state index in [-0.39, 0.29) is 0 Å². The first kappa shape index (κ1) is 7.59. The van der Waals surface area contributed by atoms with Gasteiger partial charge in [-0.3, -0.25) is 0 Å². The average Bonchev–Trinajstić information content (AvgIpc) is 2.41. The van der Waals surface area contributed by atoms with E-state index < -0.39 is 0 Å². The minimum atomic E-state index is 0.411. The van der Waals surface area contributed by atoms with Crippen LogP contribution in [0.4, 0.5) is 0 Å². The lowest BCUT2D eigenvalue weighted by atomic mass is 10.2. The summed E-state index contributed by atoms with van der Waals surface area (Å²) in [5.41, 5.74) is 0. The molecule has 0 bridgehead atoms. The van der Waals surface area contributed by atoms with E-state index in [9.17, 15) is 0 Å². The Bertz CT molecular complexity index is 122. The summed E-state index contributed by atoms with van der Waals surface area (Å²) in [5.74, 6) is 2.52. The molecule has 56 valence electrons. The van der Waals surface area contributed by atoms with Crippen LogP contribution in [0, 0.1) is 12.3 Å². The summed E-state index contributed by atoms with van der Waals surface area (Å²) in [7, 11) is 0. The van der Waals surface area contributed by atoms with Crippen molar-refractivity contribution in [2.24, 2.45) is 0 Å². The molecule has 1 fully saturated rings. The van der Waals surface area contributed by atoms with Crippen LogP contribution < -0.4 is 5.32 Å². The normalized spacial score (nSPS) is 24.5. The molecule has 0 aromatic carbocycles. The van der Waals surface area contributed by atoms with E-state index in [1.807, 2.05) is 0 Å². The Hall–Kier alpha value is -0.520. The first-order valence-electron chi connectivity index (χ1n) is 3.69. The van der Waals surface area contributed by atoms with Crippen molar-refractivity contribution in [2.75, 3.05) is 19.7 Å². The van der Waals surface area contributed by atoms with E-state index in [1.54, 1.807) is 0 Å². The van der Waals surface area contributed by atoms with Crippen molar-refractivity contribution in [3.8, 4) is 12.3 Å². The van der Waals surface area contributed by atoms with E-state index in [0.29, 0.717) is 12.6 Å². The fourth-order valence-electron chi connectivity index (χ4n) is 1.11. The highest BCUT2D eigenvalue weighted by Crippen LogP contribution is 2.09. The second kappa shape index (κ2) is 4.32. The van der Waals surface area contributed by atoms with Gasteiger partial charge in [0, 0.05) is 13.2 Å². The van der Waals surface area contributed by atoms with Gasteiger partial charge in [-0.2, -0.15) is 0 Å². The van der Waals surface area contributed by atoms with Crippen molar-refractivity contribution in [3.63, 3.8) is 0 Å². The van der Waals surface area contributed by atoms with Crippen LogP contribution in [-0.4, -0.2) is 25.8 Å². The maximum absolute atomic E-state index is 5.37. The van der Waals surface area contributed by atoms with Crippen molar-refractivity contribution in [1.29, 1.82) is 0 Å². The Morgan fingerprint density at radius 1 is 1.70 bits per heavy atom. The van der Waals surface area contributed by atoms with E-state index in [0.717, 1.165) is 13.2 Å². The van der Waals surface area contributed by atoms with E-state index in [1.165, 1.54) is 12.8 Å². The number of hydrogen-bond acceptors (Lipinski definition) is 2. The smallest absolute Gasteiger partial charge is 0.0700 e. The largest absolute Gasteiger partial charge is 0.377 e. The minimum absolute atomic E-state index is 0.411. The van der Waals surface area contributed by atoms with Crippen LogP contribution in [0.15, 0.2) is 0 Å². The lowest BCUT2D eigenvalue weighted by Crippen LogP contribution is -2.26. The van der Waals surface area contributed by atoms with Crippen LogP contribution in [0.25, 0.3) is 0 Å². The summed E-state index contributed by atoms with van der Waals surface area (Å²) in [6, 6.07) is 0. The zero-order valence-electron chi connectivity index (χ0n) is 6.10. The third-order valence-corrected chi connectivity index (χ3v) is 1.62.